The van der Waals surface area contributed by atoms with Gasteiger partial charge in [-0.25, -0.2) is 4.98 Å². The molecular formula is C12H16N4O. The van der Waals surface area contributed by atoms with E-state index in [4.69, 9.17) is 5.11 Å². The fraction of sp³-hybridized carbons (Fsp3) is 0.500. The molecule has 1 aliphatic heterocycles. The molecule has 5 heteroatoms. The molecule has 0 unspecified atom stereocenters. The Labute approximate surface area is 99.7 Å². The maximum atomic E-state index is 9.15. The molecule has 1 N–H and O–H groups in total. The molecule has 3 rings (SSSR count). The third kappa shape index (κ3) is 1.76. The zero-order valence-electron chi connectivity index (χ0n) is 9.93. The number of aliphatic hydroxyl groups is 1. The number of fused-ring (bicyclic) bond motifs is 1. The smallest absolute Gasteiger partial charge is 0.157 e. The van der Waals surface area contributed by atoms with E-state index in [1.807, 2.05) is 17.5 Å². The second-order valence-electron chi connectivity index (χ2n) is 4.51. The van der Waals surface area contributed by atoms with Crippen molar-refractivity contribution in [1.82, 2.24) is 14.6 Å². The van der Waals surface area contributed by atoms with Gasteiger partial charge in [0, 0.05) is 30.9 Å². The van der Waals surface area contributed by atoms with E-state index >= 15 is 0 Å². The molecule has 2 aromatic heterocycles. The van der Waals surface area contributed by atoms with Gasteiger partial charge in [-0.1, -0.05) is 0 Å². The quantitative estimate of drug-likeness (QED) is 0.843. The number of hydrogen-bond donors (Lipinski definition) is 1. The van der Waals surface area contributed by atoms with Crippen LogP contribution in [0.2, 0.25) is 0 Å². The van der Waals surface area contributed by atoms with Crippen molar-refractivity contribution in [2.24, 2.45) is 0 Å². The monoisotopic (exact) mass is 232 g/mol. The summed E-state index contributed by atoms with van der Waals surface area (Å²) in [6.45, 7) is 4.10. The summed E-state index contributed by atoms with van der Waals surface area (Å²) in [5.74, 6) is 1.09. The van der Waals surface area contributed by atoms with Crippen molar-refractivity contribution in [1.29, 1.82) is 0 Å². The van der Waals surface area contributed by atoms with Crippen molar-refractivity contribution in [3.05, 3.63) is 23.5 Å². The molecular weight excluding hydrogens is 216 g/mol. The molecule has 0 radical (unpaired) electrons. The highest BCUT2D eigenvalue weighted by atomic mass is 16.3. The molecule has 2 aromatic rings. The van der Waals surface area contributed by atoms with Gasteiger partial charge in [-0.2, -0.15) is 9.61 Å². The van der Waals surface area contributed by atoms with Crippen molar-refractivity contribution >= 4 is 11.5 Å². The molecule has 90 valence electrons. The van der Waals surface area contributed by atoms with Crippen LogP contribution in [0.15, 0.2) is 12.1 Å². The first-order valence-corrected chi connectivity index (χ1v) is 6.00. The van der Waals surface area contributed by atoms with Crippen molar-refractivity contribution in [3.63, 3.8) is 0 Å². The van der Waals surface area contributed by atoms with E-state index in [1.165, 1.54) is 12.8 Å². The Bertz CT molecular complexity index is 543. The molecule has 0 amide bonds. The van der Waals surface area contributed by atoms with E-state index in [-0.39, 0.29) is 6.61 Å². The predicted octanol–water partition coefficient (Wildman–Crippen LogP) is 1.13. The molecule has 1 fully saturated rings. The van der Waals surface area contributed by atoms with Gasteiger partial charge in [0.05, 0.1) is 12.3 Å². The molecule has 5 nitrogen and oxygen atoms in total. The topological polar surface area (TPSA) is 53.7 Å². The zero-order chi connectivity index (χ0) is 11.8. The number of aryl methyl sites for hydroxylation is 1. The molecule has 1 saturated heterocycles. The van der Waals surface area contributed by atoms with Crippen molar-refractivity contribution in [2.45, 2.75) is 26.4 Å². The number of hydrogen-bond acceptors (Lipinski definition) is 4. The van der Waals surface area contributed by atoms with Gasteiger partial charge in [-0.15, -0.1) is 0 Å². The highest BCUT2D eigenvalue weighted by Crippen LogP contribution is 2.22. The lowest BCUT2D eigenvalue weighted by molar-refractivity contribution is 0.276. The summed E-state index contributed by atoms with van der Waals surface area (Å²) >= 11 is 0. The average molecular weight is 232 g/mol. The largest absolute Gasteiger partial charge is 0.390 e. The second kappa shape index (κ2) is 4.00. The Morgan fingerprint density at radius 1 is 1.29 bits per heavy atom. The van der Waals surface area contributed by atoms with Crippen molar-refractivity contribution in [2.75, 3.05) is 18.0 Å². The minimum atomic E-state index is -0.0398. The van der Waals surface area contributed by atoms with Gasteiger partial charge >= 0.3 is 0 Å². The van der Waals surface area contributed by atoms with Gasteiger partial charge in [0.15, 0.2) is 5.65 Å². The van der Waals surface area contributed by atoms with Gasteiger partial charge in [-0.05, 0) is 19.8 Å². The van der Waals surface area contributed by atoms with E-state index in [1.54, 1.807) is 0 Å². The first-order valence-electron chi connectivity index (χ1n) is 6.00. The molecule has 0 spiro atoms. The van der Waals surface area contributed by atoms with Crippen LogP contribution < -0.4 is 4.90 Å². The number of aromatic nitrogens is 3. The molecule has 0 aliphatic carbocycles. The summed E-state index contributed by atoms with van der Waals surface area (Å²) in [6, 6.07) is 3.90. The molecule has 17 heavy (non-hydrogen) atoms. The molecule has 0 aromatic carbocycles. The standard InChI is InChI=1S/C12H16N4O/c1-9-6-12(15-4-2-3-5-15)16-11(13-9)7-10(8-17)14-16/h6-7,17H,2-5,8H2,1H3. The molecule has 3 heterocycles. The van der Waals surface area contributed by atoms with E-state index in [0.29, 0.717) is 5.69 Å². The minimum absolute atomic E-state index is 0.0398. The highest BCUT2D eigenvalue weighted by molar-refractivity contribution is 5.52. The van der Waals surface area contributed by atoms with Crippen LogP contribution in [0.4, 0.5) is 5.82 Å². The number of rotatable bonds is 2. The summed E-state index contributed by atoms with van der Waals surface area (Å²) in [4.78, 5) is 6.77. The molecule has 0 saturated carbocycles. The number of nitrogens with zero attached hydrogens (tertiary/aromatic N) is 4. The summed E-state index contributed by atoms with van der Waals surface area (Å²) in [7, 11) is 0. The Morgan fingerprint density at radius 3 is 2.76 bits per heavy atom. The number of anilines is 1. The zero-order valence-corrected chi connectivity index (χ0v) is 9.93. The Balaban J connectivity index is 2.17. The minimum Gasteiger partial charge on any atom is -0.390 e. The van der Waals surface area contributed by atoms with E-state index < -0.39 is 0 Å². The highest BCUT2D eigenvalue weighted by Gasteiger charge is 2.17. The van der Waals surface area contributed by atoms with Crippen LogP contribution in [0.1, 0.15) is 24.2 Å². The Morgan fingerprint density at radius 2 is 2.06 bits per heavy atom. The maximum absolute atomic E-state index is 9.15. The van der Waals surface area contributed by atoms with Crippen LogP contribution in [0, 0.1) is 6.92 Å². The third-order valence-corrected chi connectivity index (χ3v) is 3.18. The summed E-state index contributed by atoms with van der Waals surface area (Å²) < 4.78 is 1.84. The molecule has 0 bridgehead atoms. The predicted molar refractivity (Wildman–Crippen MR) is 65.1 cm³/mol. The Kier molecular flexibility index (Phi) is 2.48. The normalized spacial score (nSPS) is 16.0. The first kappa shape index (κ1) is 10.5. The lowest BCUT2D eigenvalue weighted by atomic mass is 10.4. The number of aliphatic hydroxyl groups excluding tert-OH is 1. The fourth-order valence-electron chi connectivity index (χ4n) is 2.38. The lowest BCUT2D eigenvalue weighted by Gasteiger charge is -2.18. The third-order valence-electron chi connectivity index (χ3n) is 3.18. The maximum Gasteiger partial charge on any atom is 0.157 e. The van der Waals surface area contributed by atoms with Crippen LogP contribution >= 0.6 is 0 Å². The van der Waals surface area contributed by atoms with Crippen molar-refractivity contribution in [3.8, 4) is 0 Å². The van der Waals surface area contributed by atoms with Crippen LogP contribution in [-0.2, 0) is 6.61 Å². The van der Waals surface area contributed by atoms with Gasteiger partial charge in [0.2, 0.25) is 0 Å². The van der Waals surface area contributed by atoms with Crippen LogP contribution in [0.3, 0.4) is 0 Å². The fourth-order valence-corrected chi connectivity index (χ4v) is 2.38. The first-order chi connectivity index (χ1) is 8.28. The molecule has 1 aliphatic rings. The summed E-state index contributed by atoms with van der Waals surface area (Å²) in [6.07, 6.45) is 2.47. The van der Waals surface area contributed by atoms with Gasteiger partial charge in [-0.3, -0.25) is 0 Å². The summed E-state index contributed by atoms with van der Waals surface area (Å²) in [5, 5.41) is 13.5. The second-order valence-corrected chi connectivity index (χ2v) is 4.51. The van der Waals surface area contributed by atoms with Gasteiger partial charge in [0.1, 0.15) is 5.82 Å². The Hall–Kier alpha value is -1.62. The lowest BCUT2D eigenvalue weighted by Crippen LogP contribution is -2.21. The van der Waals surface area contributed by atoms with Crippen LogP contribution in [-0.4, -0.2) is 32.8 Å². The van der Waals surface area contributed by atoms with Crippen LogP contribution in [0.25, 0.3) is 5.65 Å². The van der Waals surface area contributed by atoms with Gasteiger partial charge < -0.3 is 10.0 Å². The average Bonchev–Trinajstić information content (AvgIpc) is 2.96. The summed E-state index contributed by atoms with van der Waals surface area (Å²) in [5.41, 5.74) is 2.48. The van der Waals surface area contributed by atoms with E-state index in [2.05, 4.69) is 21.0 Å². The molecule has 0 atom stereocenters. The van der Waals surface area contributed by atoms with Crippen LogP contribution in [0.5, 0.6) is 0 Å². The van der Waals surface area contributed by atoms with Crippen molar-refractivity contribution < 1.29 is 5.11 Å². The van der Waals surface area contributed by atoms with E-state index in [9.17, 15) is 0 Å². The van der Waals surface area contributed by atoms with Gasteiger partial charge in [0.25, 0.3) is 0 Å². The SMILES string of the molecule is Cc1cc(N2CCCC2)n2nc(CO)cc2n1. The van der Waals surface area contributed by atoms with E-state index in [0.717, 1.165) is 30.2 Å².